The molecule has 1 heterocycles. The summed E-state index contributed by atoms with van der Waals surface area (Å²) in [5, 5.41) is 9.61. The smallest absolute Gasteiger partial charge is 0.308 e. The zero-order valence-electron chi connectivity index (χ0n) is 11.6. The minimum absolute atomic E-state index is 0.0874. The fourth-order valence-electron chi connectivity index (χ4n) is 2.52. The quantitative estimate of drug-likeness (QED) is 0.924. The highest BCUT2D eigenvalue weighted by Crippen LogP contribution is 2.35. The molecular weight excluding hydrogens is 317 g/mol. The predicted octanol–water partition coefficient (Wildman–Crippen LogP) is 2.79. The van der Waals surface area contributed by atoms with Crippen LogP contribution in [0.25, 0.3) is 0 Å². The standard InChI is InChI=1S/C14H15Cl2NO4/c1-7-5-17(6-9(7)14(19)20)13(18)8-3-10(15)12(21-2)11(16)4-8/h3-4,7,9H,5-6H2,1-2H3,(H,19,20). The Hall–Kier alpha value is -1.46. The Morgan fingerprint density at radius 2 is 1.86 bits per heavy atom. The van der Waals surface area contributed by atoms with Crippen LogP contribution in [0.5, 0.6) is 5.75 Å². The number of nitrogens with zero attached hydrogens (tertiary/aromatic N) is 1. The van der Waals surface area contributed by atoms with Crippen molar-refractivity contribution in [2.45, 2.75) is 6.92 Å². The summed E-state index contributed by atoms with van der Waals surface area (Å²) in [7, 11) is 1.44. The minimum Gasteiger partial charge on any atom is -0.494 e. The fraction of sp³-hybridized carbons (Fsp3) is 0.429. The number of carbonyl (C=O) groups is 2. The van der Waals surface area contributed by atoms with Crippen molar-refractivity contribution in [1.29, 1.82) is 0 Å². The zero-order valence-corrected chi connectivity index (χ0v) is 13.1. The van der Waals surface area contributed by atoms with E-state index in [4.69, 9.17) is 33.0 Å². The molecule has 2 unspecified atom stereocenters. The number of likely N-dealkylation sites (tertiary alicyclic amines) is 1. The Morgan fingerprint density at radius 3 is 2.29 bits per heavy atom. The molecule has 0 bridgehead atoms. The summed E-state index contributed by atoms with van der Waals surface area (Å²) in [5.41, 5.74) is 0.323. The third kappa shape index (κ3) is 3.09. The second-order valence-corrected chi connectivity index (χ2v) is 5.92. The predicted molar refractivity (Wildman–Crippen MR) is 79.2 cm³/mol. The Morgan fingerprint density at radius 1 is 1.29 bits per heavy atom. The van der Waals surface area contributed by atoms with E-state index in [9.17, 15) is 9.59 Å². The average Bonchev–Trinajstić information content (AvgIpc) is 2.79. The molecule has 1 aromatic rings. The number of carboxylic acid groups (broad SMARTS) is 1. The number of halogens is 2. The summed E-state index contributed by atoms with van der Waals surface area (Å²) in [6.07, 6.45) is 0. The Bertz CT molecular complexity index is 567. The highest BCUT2D eigenvalue weighted by Gasteiger charge is 2.37. The maximum atomic E-state index is 12.4. The molecule has 1 amide bonds. The van der Waals surface area contributed by atoms with E-state index in [0.717, 1.165) is 0 Å². The number of amides is 1. The summed E-state index contributed by atoms with van der Waals surface area (Å²) in [6.45, 7) is 2.41. The minimum atomic E-state index is -0.886. The maximum absolute atomic E-state index is 12.4. The van der Waals surface area contributed by atoms with E-state index < -0.39 is 11.9 Å². The molecule has 7 heteroatoms. The summed E-state index contributed by atoms with van der Waals surface area (Å²) in [5.74, 6) is -1.48. The second-order valence-electron chi connectivity index (χ2n) is 5.11. The third-order valence-corrected chi connectivity index (χ3v) is 4.23. The van der Waals surface area contributed by atoms with Crippen molar-refractivity contribution in [1.82, 2.24) is 4.90 Å². The van der Waals surface area contributed by atoms with Crippen molar-refractivity contribution < 1.29 is 19.4 Å². The summed E-state index contributed by atoms with van der Waals surface area (Å²) >= 11 is 12.0. The van der Waals surface area contributed by atoms with E-state index in [0.29, 0.717) is 17.9 Å². The second kappa shape index (κ2) is 6.12. The molecule has 1 aliphatic rings. The first-order valence-corrected chi connectivity index (χ1v) is 7.15. The van der Waals surface area contributed by atoms with Gasteiger partial charge in [-0.1, -0.05) is 30.1 Å². The van der Waals surface area contributed by atoms with Gasteiger partial charge in [-0.25, -0.2) is 0 Å². The fourth-order valence-corrected chi connectivity index (χ4v) is 3.16. The maximum Gasteiger partial charge on any atom is 0.308 e. The molecule has 0 saturated carbocycles. The van der Waals surface area contributed by atoms with Gasteiger partial charge in [0.2, 0.25) is 0 Å². The molecule has 0 spiro atoms. The van der Waals surface area contributed by atoms with E-state index in [2.05, 4.69) is 0 Å². The van der Waals surface area contributed by atoms with Gasteiger partial charge in [0.05, 0.1) is 23.1 Å². The van der Waals surface area contributed by atoms with Gasteiger partial charge in [0, 0.05) is 18.7 Å². The number of rotatable bonds is 3. The first kappa shape index (κ1) is 15.9. The SMILES string of the molecule is COc1c(Cl)cc(C(=O)N2CC(C)C(C(=O)O)C2)cc1Cl. The summed E-state index contributed by atoms with van der Waals surface area (Å²) < 4.78 is 5.04. The van der Waals surface area contributed by atoms with Crippen LogP contribution in [0.2, 0.25) is 10.0 Å². The highest BCUT2D eigenvalue weighted by atomic mass is 35.5. The molecular formula is C14H15Cl2NO4. The number of methoxy groups -OCH3 is 1. The molecule has 2 rings (SSSR count). The lowest BCUT2D eigenvalue weighted by molar-refractivity contribution is -0.142. The molecule has 114 valence electrons. The lowest BCUT2D eigenvalue weighted by Crippen LogP contribution is -2.30. The highest BCUT2D eigenvalue weighted by molar-refractivity contribution is 6.37. The van der Waals surface area contributed by atoms with Crippen molar-refractivity contribution in [2.75, 3.05) is 20.2 Å². The number of aliphatic carboxylic acids is 1. The van der Waals surface area contributed by atoms with E-state index in [1.165, 1.54) is 24.1 Å². The van der Waals surface area contributed by atoms with Crippen molar-refractivity contribution in [3.8, 4) is 5.75 Å². The number of benzene rings is 1. The topological polar surface area (TPSA) is 66.8 Å². The third-order valence-electron chi connectivity index (χ3n) is 3.67. The number of carbonyl (C=O) groups excluding carboxylic acids is 1. The largest absolute Gasteiger partial charge is 0.494 e. The molecule has 1 aromatic carbocycles. The van der Waals surface area contributed by atoms with Gasteiger partial charge in [-0.3, -0.25) is 9.59 Å². The van der Waals surface area contributed by atoms with Crippen molar-refractivity contribution in [3.05, 3.63) is 27.7 Å². The van der Waals surface area contributed by atoms with Crippen LogP contribution in [-0.2, 0) is 4.79 Å². The van der Waals surface area contributed by atoms with Gasteiger partial charge >= 0.3 is 5.97 Å². The van der Waals surface area contributed by atoms with Crippen LogP contribution in [-0.4, -0.2) is 42.1 Å². The van der Waals surface area contributed by atoms with Crippen molar-refractivity contribution in [2.24, 2.45) is 11.8 Å². The molecule has 0 aromatic heterocycles. The summed E-state index contributed by atoms with van der Waals surface area (Å²) in [4.78, 5) is 25.1. The Kier molecular flexibility index (Phi) is 4.64. The average molecular weight is 332 g/mol. The van der Waals surface area contributed by atoms with Crippen LogP contribution < -0.4 is 4.74 Å². The normalized spacial score (nSPS) is 21.4. The van der Waals surface area contributed by atoms with Crippen LogP contribution in [0.1, 0.15) is 17.3 Å². The van der Waals surface area contributed by atoms with Gasteiger partial charge in [-0.15, -0.1) is 0 Å². The summed E-state index contributed by atoms with van der Waals surface area (Å²) in [6, 6.07) is 2.96. The number of ether oxygens (including phenoxy) is 1. The van der Waals surface area contributed by atoms with Gasteiger partial charge < -0.3 is 14.7 Å². The molecule has 0 aliphatic carbocycles. The van der Waals surface area contributed by atoms with Gasteiger partial charge in [-0.05, 0) is 18.1 Å². The lowest BCUT2D eigenvalue weighted by Gasteiger charge is -2.17. The van der Waals surface area contributed by atoms with Crippen LogP contribution in [0.15, 0.2) is 12.1 Å². The molecule has 5 nitrogen and oxygen atoms in total. The molecule has 1 fully saturated rings. The Labute approximate surface area is 132 Å². The lowest BCUT2D eigenvalue weighted by atomic mass is 9.99. The zero-order chi connectivity index (χ0) is 15.7. The van der Waals surface area contributed by atoms with Crippen LogP contribution >= 0.6 is 23.2 Å². The van der Waals surface area contributed by atoms with Crippen molar-refractivity contribution in [3.63, 3.8) is 0 Å². The first-order valence-electron chi connectivity index (χ1n) is 6.40. The molecule has 1 N–H and O–H groups in total. The van der Waals surface area contributed by atoms with E-state index in [1.54, 1.807) is 0 Å². The van der Waals surface area contributed by atoms with Crippen LogP contribution in [0.3, 0.4) is 0 Å². The van der Waals surface area contributed by atoms with E-state index >= 15 is 0 Å². The van der Waals surface area contributed by atoms with E-state index in [1.807, 2.05) is 6.92 Å². The van der Waals surface area contributed by atoms with Crippen molar-refractivity contribution >= 4 is 35.1 Å². The van der Waals surface area contributed by atoms with E-state index in [-0.39, 0.29) is 28.4 Å². The van der Waals surface area contributed by atoms with Gasteiger partial charge in [0.15, 0.2) is 5.75 Å². The van der Waals surface area contributed by atoms with Crippen LogP contribution in [0, 0.1) is 11.8 Å². The van der Waals surface area contributed by atoms with Gasteiger partial charge in [0.1, 0.15) is 0 Å². The first-order chi connectivity index (χ1) is 9.85. The number of hydrogen-bond donors (Lipinski definition) is 1. The number of carboxylic acids is 1. The molecule has 0 radical (unpaired) electrons. The number of hydrogen-bond acceptors (Lipinski definition) is 3. The Balaban J connectivity index is 2.24. The molecule has 1 aliphatic heterocycles. The molecule has 1 saturated heterocycles. The van der Waals surface area contributed by atoms with Gasteiger partial charge in [0.25, 0.3) is 5.91 Å². The van der Waals surface area contributed by atoms with Gasteiger partial charge in [-0.2, -0.15) is 0 Å². The molecule has 2 atom stereocenters. The monoisotopic (exact) mass is 331 g/mol. The molecule has 21 heavy (non-hydrogen) atoms. The van der Waals surface area contributed by atoms with Crippen LogP contribution in [0.4, 0.5) is 0 Å².